The van der Waals surface area contributed by atoms with Gasteiger partial charge in [-0.3, -0.25) is 0 Å². The van der Waals surface area contributed by atoms with Gasteiger partial charge in [0.2, 0.25) is 10.0 Å². The molecule has 4 nitrogen and oxygen atoms in total. The molecule has 2 atom stereocenters. The van der Waals surface area contributed by atoms with Gasteiger partial charge in [-0.2, -0.15) is 4.31 Å². The van der Waals surface area contributed by atoms with Crippen LogP contribution in [0.15, 0.2) is 27.9 Å². The lowest BCUT2D eigenvalue weighted by Crippen LogP contribution is -2.43. The van der Waals surface area contributed by atoms with Gasteiger partial charge in [-0.15, -0.1) is 0 Å². The van der Waals surface area contributed by atoms with Crippen molar-refractivity contribution >= 4 is 10.0 Å². The first kappa shape index (κ1) is 11.7. The Morgan fingerprint density at radius 1 is 1.44 bits per heavy atom. The summed E-state index contributed by atoms with van der Waals surface area (Å²) in [6.07, 6.45) is 4.54. The summed E-state index contributed by atoms with van der Waals surface area (Å²) >= 11 is 0. The topological polar surface area (TPSA) is 50.5 Å². The van der Waals surface area contributed by atoms with Crippen LogP contribution >= 0.6 is 0 Å². The summed E-state index contributed by atoms with van der Waals surface area (Å²) in [7, 11) is -3.35. The lowest BCUT2D eigenvalue weighted by Gasteiger charge is -2.35. The van der Waals surface area contributed by atoms with Gasteiger partial charge >= 0.3 is 0 Å². The van der Waals surface area contributed by atoms with E-state index in [1.165, 1.54) is 18.6 Å². The summed E-state index contributed by atoms with van der Waals surface area (Å²) in [5, 5.41) is 0. The summed E-state index contributed by atoms with van der Waals surface area (Å²) in [6, 6.07) is 1.57. The fraction of sp³-hybridized carbons (Fsp3) is 0.636. The second-order valence-corrected chi connectivity index (χ2v) is 6.44. The van der Waals surface area contributed by atoms with Gasteiger partial charge < -0.3 is 4.42 Å². The molecule has 5 heteroatoms. The summed E-state index contributed by atoms with van der Waals surface area (Å²) in [5.41, 5.74) is 0. The van der Waals surface area contributed by atoms with Gasteiger partial charge in [0.15, 0.2) is 0 Å². The van der Waals surface area contributed by atoms with Crippen molar-refractivity contribution < 1.29 is 12.8 Å². The van der Waals surface area contributed by atoms with E-state index < -0.39 is 10.0 Å². The molecule has 0 bridgehead atoms. The molecule has 1 saturated heterocycles. The van der Waals surface area contributed by atoms with E-state index in [0.29, 0.717) is 12.5 Å². The predicted octanol–water partition coefficient (Wildman–Crippen LogP) is 2.09. The zero-order valence-corrected chi connectivity index (χ0v) is 10.4. The van der Waals surface area contributed by atoms with E-state index >= 15 is 0 Å². The van der Waals surface area contributed by atoms with Crippen LogP contribution in [-0.4, -0.2) is 25.3 Å². The van der Waals surface area contributed by atoms with Crippen LogP contribution in [-0.2, 0) is 10.0 Å². The van der Waals surface area contributed by atoms with Crippen LogP contribution in [0.4, 0.5) is 0 Å². The highest BCUT2D eigenvalue weighted by Gasteiger charge is 2.33. The van der Waals surface area contributed by atoms with Crippen molar-refractivity contribution in [3.05, 3.63) is 18.6 Å². The molecule has 0 unspecified atom stereocenters. The first-order valence-electron chi connectivity index (χ1n) is 5.56. The number of sulfonamides is 1. The molecule has 16 heavy (non-hydrogen) atoms. The fourth-order valence-electron chi connectivity index (χ4n) is 2.28. The minimum atomic E-state index is -3.35. The molecular weight excluding hydrogens is 226 g/mol. The maximum absolute atomic E-state index is 12.2. The Morgan fingerprint density at radius 3 is 2.75 bits per heavy atom. The molecular formula is C11H17NO3S. The normalized spacial score (nSPS) is 28.1. The molecule has 1 aliphatic heterocycles. The number of furan rings is 1. The number of piperidine rings is 1. The molecule has 0 radical (unpaired) electrons. The Labute approximate surface area is 96.3 Å². The molecule has 0 spiro atoms. The van der Waals surface area contributed by atoms with Gasteiger partial charge in [-0.25, -0.2) is 8.42 Å². The molecule has 1 fully saturated rings. The Balaban J connectivity index is 2.25. The number of hydrogen-bond acceptors (Lipinski definition) is 3. The van der Waals surface area contributed by atoms with Crippen molar-refractivity contribution in [2.75, 3.05) is 6.54 Å². The lowest BCUT2D eigenvalue weighted by atomic mass is 9.95. The molecule has 0 aromatic carbocycles. The largest absolute Gasteiger partial charge is 0.471 e. The van der Waals surface area contributed by atoms with Crippen molar-refractivity contribution in [1.82, 2.24) is 4.31 Å². The summed E-state index contributed by atoms with van der Waals surface area (Å²) in [5.74, 6) is 0.603. The molecule has 0 amide bonds. The highest BCUT2D eigenvalue weighted by molar-refractivity contribution is 7.89. The molecule has 0 aliphatic carbocycles. The Kier molecular flexibility index (Phi) is 3.08. The molecule has 1 aliphatic rings. The van der Waals surface area contributed by atoms with Gasteiger partial charge in [-0.1, -0.05) is 6.92 Å². The van der Waals surface area contributed by atoms with Crippen LogP contribution in [0.2, 0.25) is 0 Å². The van der Waals surface area contributed by atoms with Gasteiger partial charge in [0.05, 0.1) is 6.26 Å². The van der Waals surface area contributed by atoms with Crippen molar-refractivity contribution in [3.8, 4) is 0 Å². The quantitative estimate of drug-likeness (QED) is 0.799. The average Bonchev–Trinajstić information content (AvgIpc) is 2.69. The highest BCUT2D eigenvalue weighted by Crippen LogP contribution is 2.28. The van der Waals surface area contributed by atoms with E-state index in [4.69, 9.17) is 4.42 Å². The molecule has 2 heterocycles. The maximum atomic E-state index is 12.2. The third-order valence-electron chi connectivity index (χ3n) is 3.18. The zero-order valence-electron chi connectivity index (χ0n) is 9.59. The number of nitrogens with zero attached hydrogens (tertiary/aromatic N) is 1. The Bertz CT molecular complexity index is 438. The smallest absolute Gasteiger partial charge is 0.246 e. The van der Waals surface area contributed by atoms with Gasteiger partial charge in [0.1, 0.15) is 11.2 Å². The summed E-state index contributed by atoms with van der Waals surface area (Å²) < 4.78 is 30.9. The molecule has 0 N–H and O–H groups in total. The average molecular weight is 243 g/mol. The summed E-state index contributed by atoms with van der Waals surface area (Å²) in [4.78, 5) is 0.258. The van der Waals surface area contributed by atoms with Crippen molar-refractivity contribution in [2.45, 2.75) is 37.6 Å². The lowest BCUT2D eigenvalue weighted by molar-refractivity contribution is 0.220. The van der Waals surface area contributed by atoms with E-state index in [0.717, 1.165) is 12.8 Å². The van der Waals surface area contributed by atoms with Gasteiger partial charge in [0, 0.05) is 12.6 Å². The second kappa shape index (κ2) is 4.22. The molecule has 90 valence electrons. The van der Waals surface area contributed by atoms with Crippen molar-refractivity contribution in [1.29, 1.82) is 0 Å². The SMILES string of the molecule is C[C@@H]1CCN(S(=O)(=O)c2ccoc2)[C@H](C)C1. The summed E-state index contributed by atoms with van der Waals surface area (Å²) in [6.45, 7) is 4.74. The van der Waals surface area contributed by atoms with E-state index in [1.54, 1.807) is 4.31 Å². The first-order valence-corrected chi connectivity index (χ1v) is 7.00. The zero-order chi connectivity index (χ0) is 11.8. The Morgan fingerprint density at radius 2 is 2.19 bits per heavy atom. The van der Waals surface area contributed by atoms with Crippen LogP contribution < -0.4 is 0 Å². The molecule has 0 saturated carbocycles. The third-order valence-corrected chi connectivity index (χ3v) is 5.17. The van der Waals surface area contributed by atoms with E-state index in [1.807, 2.05) is 6.92 Å². The van der Waals surface area contributed by atoms with E-state index in [2.05, 4.69) is 6.92 Å². The van der Waals surface area contributed by atoms with Crippen LogP contribution in [0.25, 0.3) is 0 Å². The van der Waals surface area contributed by atoms with Crippen LogP contribution in [0.3, 0.4) is 0 Å². The van der Waals surface area contributed by atoms with Crippen LogP contribution in [0, 0.1) is 5.92 Å². The maximum Gasteiger partial charge on any atom is 0.246 e. The van der Waals surface area contributed by atoms with Crippen molar-refractivity contribution in [2.24, 2.45) is 5.92 Å². The molecule has 1 aromatic rings. The molecule has 1 aromatic heterocycles. The van der Waals surface area contributed by atoms with Crippen LogP contribution in [0.5, 0.6) is 0 Å². The molecule has 2 rings (SSSR count). The highest BCUT2D eigenvalue weighted by atomic mass is 32.2. The monoisotopic (exact) mass is 243 g/mol. The van der Waals surface area contributed by atoms with Crippen molar-refractivity contribution in [3.63, 3.8) is 0 Å². The minimum absolute atomic E-state index is 0.0728. The minimum Gasteiger partial charge on any atom is -0.471 e. The van der Waals surface area contributed by atoms with Gasteiger partial charge in [0.25, 0.3) is 0 Å². The predicted molar refractivity (Wildman–Crippen MR) is 60.5 cm³/mol. The van der Waals surface area contributed by atoms with Crippen LogP contribution in [0.1, 0.15) is 26.7 Å². The standard InChI is InChI=1S/C11H17NO3S/c1-9-3-5-12(10(2)7-9)16(13,14)11-4-6-15-8-11/h4,6,8-10H,3,5,7H2,1-2H3/t9-,10-/m1/s1. The Hall–Kier alpha value is -0.810. The fourth-order valence-corrected chi connectivity index (χ4v) is 3.86. The number of hydrogen-bond donors (Lipinski definition) is 0. The van der Waals surface area contributed by atoms with Gasteiger partial charge in [-0.05, 0) is 31.7 Å². The number of rotatable bonds is 2. The van der Waals surface area contributed by atoms with E-state index in [-0.39, 0.29) is 10.9 Å². The first-order chi connectivity index (χ1) is 7.51. The second-order valence-electron chi connectivity index (χ2n) is 4.55. The van der Waals surface area contributed by atoms with E-state index in [9.17, 15) is 8.42 Å². The third kappa shape index (κ3) is 2.01.